The van der Waals surface area contributed by atoms with Crippen molar-refractivity contribution in [1.29, 1.82) is 0 Å². The number of urea groups is 1. The number of amides is 5. The van der Waals surface area contributed by atoms with E-state index in [0.717, 1.165) is 11.3 Å². The fourth-order valence-corrected chi connectivity index (χ4v) is 4.01. The summed E-state index contributed by atoms with van der Waals surface area (Å²) in [6, 6.07) is 5.85. The van der Waals surface area contributed by atoms with Crippen LogP contribution in [0.2, 0.25) is 0 Å². The van der Waals surface area contributed by atoms with Crippen LogP contribution in [-0.4, -0.2) is 58.7 Å². The van der Waals surface area contributed by atoms with Crippen LogP contribution >= 0.6 is 0 Å². The van der Waals surface area contributed by atoms with Crippen molar-refractivity contribution in [3.05, 3.63) is 24.3 Å². The first-order chi connectivity index (χ1) is 12.5. The summed E-state index contributed by atoms with van der Waals surface area (Å²) in [5.74, 6) is -0.843. The van der Waals surface area contributed by atoms with Gasteiger partial charge in [-0.05, 0) is 31.9 Å². The predicted molar refractivity (Wildman–Crippen MR) is 93.5 cm³/mol. The Labute approximate surface area is 150 Å². The van der Waals surface area contributed by atoms with Crippen LogP contribution in [0.25, 0.3) is 0 Å². The van der Waals surface area contributed by atoms with Crippen molar-refractivity contribution in [1.82, 2.24) is 9.80 Å². The molecule has 3 aliphatic rings. The van der Waals surface area contributed by atoms with Gasteiger partial charge in [0.05, 0.1) is 11.4 Å². The minimum Gasteiger partial charge on any atom is -0.324 e. The molecule has 0 saturated carbocycles. The molecule has 4 rings (SSSR count). The Balaban J connectivity index is 1.60. The summed E-state index contributed by atoms with van der Waals surface area (Å²) in [5.41, 5.74) is 1.13. The molecule has 1 aromatic rings. The molecule has 0 spiro atoms. The van der Waals surface area contributed by atoms with Crippen molar-refractivity contribution in [2.45, 2.75) is 38.3 Å². The molecule has 8 nitrogen and oxygen atoms in total. The largest absolute Gasteiger partial charge is 0.327 e. The van der Waals surface area contributed by atoms with E-state index < -0.39 is 12.1 Å². The van der Waals surface area contributed by atoms with Crippen LogP contribution < -0.4 is 10.2 Å². The molecule has 8 heteroatoms. The fourth-order valence-electron chi connectivity index (χ4n) is 4.01. The van der Waals surface area contributed by atoms with Crippen molar-refractivity contribution in [2.75, 3.05) is 23.3 Å². The second kappa shape index (κ2) is 6.12. The minimum atomic E-state index is -0.424. The molecule has 2 fully saturated rings. The summed E-state index contributed by atoms with van der Waals surface area (Å²) < 4.78 is 0. The van der Waals surface area contributed by atoms with E-state index in [0.29, 0.717) is 24.3 Å². The van der Waals surface area contributed by atoms with Crippen LogP contribution in [0.1, 0.15) is 26.2 Å². The van der Waals surface area contributed by atoms with Crippen molar-refractivity contribution in [2.24, 2.45) is 0 Å². The van der Waals surface area contributed by atoms with Gasteiger partial charge in [0, 0.05) is 19.0 Å². The number of nitrogens with one attached hydrogen (secondary N) is 1. The molecule has 0 bridgehead atoms. The molecular formula is C18H20N4O4. The van der Waals surface area contributed by atoms with E-state index in [-0.39, 0.29) is 36.7 Å². The lowest BCUT2D eigenvalue weighted by Gasteiger charge is -2.29. The number of imide groups is 1. The van der Waals surface area contributed by atoms with Crippen molar-refractivity contribution >= 4 is 35.1 Å². The zero-order chi connectivity index (χ0) is 18.4. The number of rotatable bonds is 2. The third kappa shape index (κ3) is 2.53. The molecule has 1 aromatic carbocycles. The third-order valence-electron chi connectivity index (χ3n) is 5.20. The van der Waals surface area contributed by atoms with Gasteiger partial charge in [0.15, 0.2) is 0 Å². The van der Waals surface area contributed by atoms with Crippen LogP contribution in [0.5, 0.6) is 0 Å². The smallest absolute Gasteiger partial charge is 0.324 e. The van der Waals surface area contributed by atoms with Crippen LogP contribution in [-0.2, 0) is 14.4 Å². The second-order valence-electron chi connectivity index (χ2n) is 6.94. The highest BCUT2D eigenvalue weighted by molar-refractivity contribution is 6.10. The molecule has 1 N–H and O–H groups in total. The van der Waals surface area contributed by atoms with E-state index in [1.54, 1.807) is 36.1 Å². The molecule has 3 heterocycles. The molecule has 0 unspecified atom stereocenters. The lowest BCUT2D eigenvalue weighted by Crippen LogP contribution is -2.47. The maximum atomic E-state index is 13.0. The van der Waals surface area contributed by atoms with Crippen molar-refractivity contribution < 1.29 is 19.2 Å². The minimum absolute atomic E-state index is 0.150. The first-order valence-electron chi connectivity index (χ1n) is 8.80. The standard InChI is InChI=1S/C18H20N4O4/c1-11-9-15(23)19-12-5-2-3-6-13(12)22(11)16(24)10-21-17(25)14-7-4-8-20(14)18(21)26/h2-3,5-6,11,14H,4,7-10H2,1H3,(H,19,23)/t11-,14+/m1/s1. The molecule has 0 radical (unpaired) electrons. The van der Waals surface area contributed by atoms with Crippen molar-refractivity contribution in [3.63, 3.8) is 0 Å². The van der Waals surface area contributed by atoms with Crippen LogP contribution in [0.3, 0.4) is 0 Å². The lowest BCUT2D eigenvalue weighted by molar-refractivity contribution is -0.131. The van der Waals surface area contributed by atoms with Crippen LogP contribution in [0.15, 0.2) is 24.3 Å². The van der Waals surface area contributed by atoms with Gasteiger partial charge in [-0.25, -0.2) is 4.79 Å². The summed E-state index contributed by atoms with van der Waals surface area (Å²) in [6.45, 7) is 2.03. The Morgan fingerprint density at radius 1 is 1.23 bits per heavy atom. The quantitative estimate of drug-likeness (QED) is 0.806. The molecule has 3 aliphatic heterocycles. The normalized spacial score (nSPS) is 25.1. The lowest BCUT2D eigenvalue weighted by atomic mass is 10.1. The van der Waals surface area contributed by atoms with Gasteiger partial charge in [-0.2, -0.15) is 0 Å². The van der Waals surface area contributed by atoms with Gasteiger partial charge in [0.25, 0.3) is 5.91 Å². The van der Waals surface area contributed by atoms with E-state index in [1.165, 1.54) is 4.90 Å². The topological polar surface area (TPSA) is 90.0 Å². The first kappa shape index (κ1) is 16.6. The zero-order valence-electron chi connectivity index (χ0n) is 14.5. The van der Waals surface area contributed by atoms with Crippen LogP contribution in [0.4, 0.5) is 16.2 Å². The van der Waals surface area contributed by atoms with E-state index in [2.05, 4.69) is 5.32 Å². The second-order valence-corrected chi connectivity index (χ2v) is 6.94. The van der Waals surface area contributed by atoms with Gasteiger partial charge >= 0.3 is 6.03 Å². The number of nitrogens with zero attached hydrogens (tertiary/aromatic N) is 3. The number of fused-ring (bicyclic) bond motifs is 2. The van der Waals surface area contributed by atoms with E-state index in [4.69, 9.17) is 0 Å². The maximum Gasteiger partial charge on any atom is 0.327 e. The van der Waals surface area contributed by atoms with Crippen LogP contribution in [0, 0.1) is 0 Å². The molecule has 136 valence electrons. The molecule has 0 aromatic heterocycles. The summed E-state index contributed by atoms with van der Waals surface area (Å²) in [6.07, 6.45) is 1.61. The Morgan fingerprint density at radius 2 is 2.00 bits per heavy atom. The van der Waals surface area contributed by atoms with Gasteiger partial charge < -0.3 is 15.1 Å². The number of para-hydroxylation sites is 2. The van der Waals surface area contributed by atoms with Gasteiger partial charge in [-0.1, -0.05) is 12.1 Å². The average Bonchev–Trinajstić information content (AvgIpc) is 3.12. The molecule has 2 atom stereocenters. The highest BCUT2D eigenvalue weighted by Gasteiger charge is 2.48. The summed E-state index contributed by atoms with van der Waals surface area (Å²) in [5, 5.41) is 2.79. The van der Waals surface area contributed by atoms with Gasteiger partial charge in [0.2, 0.25) is 11.8 Å². The predicted octanol–water partition coefficient (Wildman–Crippen LogP) is 1.18. The van der Waals surface area contributed by atoms with Crippen molar-refractivity contribution in [3.8, 4) is 0 Å². The molecular weight excluding hydrogens is 336 g/mol. The maximum absolute atomic E-state index is 13.0. The zero-order valence-corrected chi connectivity index (χ0v) is 14.5. The Hall–Kier alpha value is -2.90. The molecule has 26 heavy (non-hydrogen) atoms. The average molecular weight is 356 g/mol. The van der Waals surface area contributed by atoms with Gasteiger partial charge in [-0.15, -0.1) is 0 Å². The summed E-state index contributed by atoms with van der Waals surface area (Å²) >= 11 is 0. The first-order valence-corrected chi connectivity index (χ1v) is 8.80. The SMILES string of the molecule is C[C@@H]1CC(=O)Nc2ccccc2N1C(=O)CN1C(=O)[C@@H]2CCCN2C1=O. The number of benzene rings is 1. The van der Waals surface area contributed by atoms with Gasteiger partial charge in [-0.3, -0.25) is 19.3 Å². The van der Waals surface area contributed by atoms with E-state index in [9.17, 15) is 19.2 Å². The summed E-state index contributed by atoms with van der Waals surface area (Å²) in [4.78, 5) is 54.1. The fraction of sp³-hybridized carbons (Fsp3) is 0.444. The molecule has 0 aliphatic carbocycles. The number of carbonyl (C=O) groups is 4. The number of carbonyl (C=O) groups excluding carboxylic acids is 4. The van der Waals surface area contributed by atoms with Gasteiger partial charge in [0.1, 0.15) is 12.6 Å². The number of anilines is 2. The highest BCUT2D eigenvalue weighted by Crippen LogP contribution is 2.32. The third-order valence-corrected chi connectivity index (χ3v) is 5.20. The molecule has 5 amide bonds. The van der Waals surface area contributed by atoms with E-state index >= 15 is 0 Å². The Bertz CT molecular complexity index is 786. The highest BCUT2D eigenvalue weighted by atomic mass is 16.2. The summed E-state index contributed by atoms with van der Waals surface area (Å²) in [7, 11) is 0. The monoisotopic (exact) mass is 356 g/mol. The molecule has 2 saturated heterocycles. The Morgan fingerprint density at radius 3 is 2.77 bits per heavy atom. The van der Waals surface area contributed by atoms with E-state index in [1.807, 2.05) is 0 Å². The Kier molecular flexibility index (Phi) is 3.90. The number of hydrogen-bond acceptors (Lipinski definition) is 4. The number of hydrogen-bond donors (Lipinski definition) is 1.